The second kappa shape index (κ2) is 12.2. The summed E-state index contributed by atoms with van der Waals surface area (Å²) < 4.78 is 6.87. The van der Waals surface area contributed by atoms with Crippen LogP contribution in [0.2, 0.25) is 0 Å². The van der Waals surface area contributed by atoms with Crippen molar-refractivity contribution in [1.82, 2.24) is 0 Å². The molecule has 0 aliphatic rings. The van der Waals surface area contributed by atoms with E-state index in [1.807, 2.05) is 0 Å². The number of hydrogen-bond acceptors (Lipinski definition) is 2. The Balaban J connectivity index is 1.19. The van der Waals surface area contributed by atoms with Gasteiger partial charge in [0.2, 0.25) is 0 Å². The van der Waals surface area contributed by atoms with E-state index in [2.05, 4.69) is 205 Å². The fourth-order valence-corrected chi connectivity index (χ4v) is 8.58. The molecule has 1 heterocycles. The van der Waals surface area contributed by atoms with Gasteiger partial charge in [-0.3, -0.25) is 0 Å². The van der Waals surface area contributed by atoms with Crippen molar-refractivity contribution in [2.75, 3.05) is 4.90 Å². The molecule has 2 nitrogen and oxygen atoms in total. The summed E-state index contributed by atoms with van der Waals surface area (Å²) in [6.07, 6.45) is 0. The highest BCUT2D eigenvalue weighted by atomic mass is 16.3. The molecule has 0 fully saturated rings. The Morgan fingerprint density at radius 3 is 1.61 bits per heavy atom. The number of furan rings is 1. The SMILES string of the molecule is c1ccc(-c2cccc3cccc(-c4ccc(N(c5cc6ccccc6c6ccccc56)c5cc6ccccc6c6c5oc5ccccc56)cc4)c23)cc1. The van der Waals surface area contributed by atoms with Crippen LogP contribution in [0.1, 0.15) is 0 Å². The lowest BCUT2D eigenvalue weighted by Gasteiger charge is -2.28. The van der Waals surface area contributed by atoms with Crippen molar-refractivity contribution in [1.29, 1.82) is 0 Å². The maximum atomic E-state index is 6.87. The average molecular weight is 688 g/mol. The van der Waals surface area contributed by atoms with Crippen LogP contribution in [-0.2, 0) is 0 Å². The second-order valence-corrected chi connectivity index (χ2v) is 14.0. The van der Waals surface area contributed by atoms with Crippen molar-refractivity contribution >= 4 is 82.1 Å². The van der Waals surface area contributed by atoms with E-state index in [4.69, 9.17) is 4.42 Å². The van der Waals surface area contributed by atoms with E-state index >= 15 is 0 Å². The number of para-hydroxylation sites is 1. The summed E-state index contributed by atoms with van der Waals surface area (Å²) in [5.74, 6) is 0. The van der Waals surface area contributed by atoms with Crippen molar-refractivity contribution < 1.29 is 4.42 Å². The van der Waals surface area contributed by atoms with Crippen LogP contribution in [0, 0.1) is 0 Å². The zero-order valence-electron chi connectivity index (χ0n) is 29.4. The first kappa shape index (κ1) is 30.5. The minimum absolute atomic E-state index is 0.873. The van der Waals surface area contributed by atoms with Crippen molar-refractivity contribution in [3.8, 4) is 22.3 Å². The number of benzene rings is 10. The summed E-state index contributed by atoms with van der Waals surface area (Å²) in [5, 5.41) is 11.9. The first-order valence-corrected chi connectivity index (χ1v) is 18.5. The number of rotatable bonds is 5. The Hall–Kier alpha value is -7.16. The molecule has 0 aliphatic heterocycles. The Bertz CT molecular complexity index is 3210. The molecule has 0 N–H and O–H groups in total. The lowest BCUT2D eigenvalue weighted by Crippen LogP contribution is -2.11. The third-order valence-corrected chi connectivity index (χ3v) is 11.0. The van der Waals surface area contributed by atoms with Gasteiger partial charge in [0.25, 0.3) is 0 Å². The number of fused-ring (bicyclic) bond motifs is 9. The highest BCUT2D eigenvalue weighted by Gasteiger charge is 2.24. The zero-order chi connectivity index (χ0) is 35.6. The largest absolute Gasteiger partial charge is 0.454 e. The molecule has 0 saturated heterocycles. The molecule has 11 rings (SSSR count). The maximum absolute atomic E-state index is 6.87. The van der Waals surface area contributed by atoms with Crippen LogP contribution in [0.25, 0.3) is 87.3 Å². The Morgan fingerprint density at radius 1 is 0.333 bits per heavy atom. The number of nitrogens with zero attached hydrogens (tertiary/aromatic N) is 1. The van der Waals surface area contributed by atoms with E-state index in [-0.39, 0.29) is 0 Å². The van der Waals surface area contributed by atoms with Gasteiger partial charge in [-0.15, -0.1) is 0 Å². The summed E-state index contributed by atoms with van der Waals surface area (Å²) in [5.41, 5.74) is 9.75. The molecule has 1 aromatic heterocycles. The molecule has 0 aliphatic carbocycles. The summed E-state index contributed by atoms with van der Waals surface area (Å²) in [4.78, 5) is 2.41. The fourth-order valence-electron chi connectivity index (χ4n) is 8.58. The molecule has 0 unspecified atom stereocenters. The zero-order valence-corrected chi connectivity index (χ0v) is 29.4. The predicted molar refractivity (Wildman–Crippen MR) is 229 cm³/mol. The highest BCUT2D eigenvalue weighted by Crippen LogP contribution is 2.48. The van der Waals surface area contributed by atoms with Crippen LogP contribution in [0.3, 0.4) is 0 Å². The van der Waals surface area contributed by atoms with Gasteiger partial charge in [-0.2, -0.15) is 0 Å². The van der Waals surface area contributed by atoms with Gasteiger partial charge in [0.1, 0.15) is 5.58 Å². The first-order valence-electron chi connectivity index (χ1n) is 18.5. The van der Waals surface area contributed by atoms with Crippen LogP contribution in [0.15, 0.2) is 205 Å². The van der Waals surface area contributed by atoms with Gasteiger partial charge in [0.05, 0.1) is 11.4 Å². The van der Waals surface area contributed by atoms with Crippen molar-refractivity contribution in [2.45, 2.75) is 0 Å². The standard InChI is InChI=1S/C52H33NO/c1-2-14-34(15-3-1)41-25-12-18-36-19-13-26-42(50(36)41)35-28-30-39(31-29-35)53(47-32-37-16-4-6-20-40(37)44-22-8-9-23-45(44)47)48-33-38-17-5-7-21-43(38)51-46-24-10-11-27-49(46)54-52(48)51/h1-33H. The Labute approximate surface area is 312 Å². The predicted octanol–water partition coefficient (Wildman–Crippen LogP) is 15.0. The van der Waals surface area contributed by atoms with E-state index in [0.29, 0.717) is 0 Å². The Morgan fingerprint density at radius 2 is 0.870 bits per heavy atom. The highest BCUT2D eigenvalue weighted by molar-refractivity contribution is 6.24. The number of anilines is 3. The minimum atomic E-state index is 0.873. The van der Waals surface area contributed by atoms with E-state index in [1.165, 1.54) is 65.3 Å². The van der Waals surface area contributed by atoms with Gasteiger partial charge in [-0.05, 0) is 90.3 Å². The summed E-state index contributed by atoms with van der Waals surface area (Å²) in [7, 11) is 0. The molecule has 0 bridgehead atoms. The molecule has 0 radical (unpaired) electrons. The molecule has 0 amide bonds. The third kappa shape index (κ3) is 4.74. The summed E-state index contributed by atoms with van der Waals surface area (Å²) in [6.45, 7) is 0. The van der Waals surface area contributed by atoms with Crippen molar-refractivity contribution in [3.63, 3.8) is 0 Å². The summed E-state index contributed by atoms with van der Waals surface area (Å²) in [6, 6.07) is 72.2. The van der Waals surface area contributed by atoms with Crippen LogP contribution in [-0.4, -0.2) is 0 Å². The summed E-state index contributed by atoms with van der Waals surface area (Å²) >= 11 is 0. The third-order valence-electron chi connectivity index (χ3n) is 11.0. The van der Waals surface area contributed by atoms with Gasteiger partial charge in [-0.1, -0.05) is 170 Å². The molecule has 11 aromatic rings. The quantitative estimate of drug-likeness (QED) is 0.168. The van der Waals surface area contributed by atoms with E-state index < -0.39 is 0 Å². The molecule has 0 spiro atoms. The lowest BCUT2D eigenvalue weighted by molar-refractivity contribution is 0.669. The first-order chi connectivity index (χ1) is 26.8. The van der Waals surface area contributed by atoms with Crippen LogP contribution in [0.4, 0.5) is 17.1 Å². The second-order valence-electron chi connectivity index (χ2n) is 14.0. The molecule has 0 atom stereocenters. The van der Waals surface area contributed by atoms with Crippen molar-refractivity contribution in [3.05, 3.63) is 200 Å². The van der Waals surface area contributed by atoms with Gasteiger partial charge in [-0.25, -0.2) is 0 Å². The van der Waals surface area contributed by atoms with Gasteiger partial charge in [0.15, 0.2) is 5.58 Å². The van der Waals surface area contributed by atoms with E-state index in [1.54, 1.807) is 0 Å². The number of hydrogen-bond donors (Lipinski definition) is 0. The maximum Gasteiger partial charge on any atom is 0.160 e. The van der Waals surface area contributed by atoms with Crippen molar-refractivity contribution in [2.24, 2.45) is 0 Å². The lowest BCUT2D eigenvalue weighted by atomic mass is 9.91. The Kier molecular flexibility index (Phi) is 6.90. The monoisotopic (exact) mass is 687 g/mol. The van der Waals surface area contributed by atoms with Crippen LogP contribution < -0.4 is 4.90 Å². The molecule has 10 aromatic carbocycles. The fraction of sp³-hybridized carbons (Fsp3) is 0. The molecule has 2 heteroatoms. The molecule has 0 saturated carbocycles. The van der Waals surface area contributed by atoms with Gasteiger partial charge in [0, 0.05) is 21.8 Å². The smallest absolute Gasteiger partial charge is 0.160 e. The average Bonchev–Trinajstić information content (AvgIpc) is 3.64. The van der Waals surface area contributed by atoms with Crippen LogP contribution in [0.5, 0.6) is 0 Å². The molecular formula is C52H33NO. The van der Waals surface area contributed by atoms with E-state index in [0.717, 1.165) is 39.0 Å². The van der Waals surface area contributed by atoms with E-state index in [9.17, 15) is 0 Å². The van der Waals surface area contributed by atoms with Crippen LogP contribution >= 0.6 is 0 Å². The molecule has 252 valence electrons. The van der Waals surface area contributed by atoms with Gasteiger partial charge >= 0.3 is 0 Å². The topological polar surface area (TPSA) is 16.4 Å². The normalized spacial score (nSPS) is 11.7. The molecule has 54 heavy (non-hydrogen) atoms. The minimum Gasteiger partial charge on any atom is -0.454 e. The molecular weight excluding hydrogens is 655 g/mol. The van der Waals surface area contributed by atoms with Gasteiger partial charge < -0.3 is 9.32 Å².